The second kappa shape index (κ2) is 10.7. The number of anilines is 2. The number of benzene rings is 3. The van der Waals surface area contributed by atoms with Gasteiger partial charge in [0.2, 0.25) is 0 Å². The number of nitrogen functional groups attached to an aromatic ring is 1. The number of hydrogen-bond donors (Lipinski definition) is 2. The van der Waals surface area contributed by atoms with Crippen molar-refractivity contribution in [3.8, 4) is 45.5 Å². The topological polar surface area (TPSA) is 109 Å². The van der Waals surface area contributed by atoms with E-state index in [2.05, 4.69) is 15.3 Å². The van der Waals surface area contributed by atoms with Gasteiger partial charge in [-0.2, -0.15) is 0 Å². The highest BCUT2D eigenvalue weighted by molar-refractivity contribution is 7.14. The molecule has 5 aromatic rings. The molecule has 0 bridgehead atoms. The van der Waals surface area contributed by atoms with Crippen molar-refractivity contribution < 1.29 is 19.0 Å². The number of carbonyl (C=O) groups excluding carboxylic acids is 1. The number of para-hydroxylation sites is 1. The molecule has 37 heavy (non-hydrogen) atoms. The van der Waals surface area contributed by atoms with Crippen LogP contribution >= 0.6 is 22.7 Å². The van der Waals surface area contributed by atoms with Crippen LogP contribution in [0.5, 0.6) is 23.0 Å². The minimum Gasteiger partial charge on any atom is -0.493 e. The van der Waals surface area contributed by atoms with E-state index in [0.717, 1.165) is 22.5 Å². The van der Waals surface area contributed by atoms with E-state index < -0.39 is 0 Å². The summed E-state index contributed by atoms with van der Waals surface area (Å²) in [6, 6.07) is 20.4. The molecule has 0 radical (unpaired) electrons. The van der Waals surface area contributed by atoms with Gasteiger partial charge in [-0.3, -0.25) is 10.1 Å². The highest BCUT2D eigenvalue weighted by atomic mass is 32.1. The number of amides is 1. The standard InChI is InChI=1S/C27H22N4O4S2/c1-33-23-5-3-4-20(24(23)34-2)25(32)31-27-30-22(15-37-27)17-8-12-19(13-9-17)35-18-10-6-16(7-11-18)21-14-36-26(28)29-21/h3-15H,1-2H3,(H2,28,29)(H,30,31,32). The summed E-state index contributed by atoms with van der Waals surface area (Å²) in [4.78, 5) is 21.7. The van der Waals surface area contributed by atoms with Gasteiger partial charge in [-0.05, 0) is 60.7 Å². The van der Waals surface area contributed by atoms with Crippen molar-refractivity contribution >= 4 is 38.8 Å². The van der Waals surface area contributed by atoms with Gasteiger partial charge in [0.25, 0.3) is 5.91 Å². The number of nitrogens with one attached hydrogen (secondary N) is 1. The molecule has 186 valence electrons. The number of aromatic nitrogens is 2. The first-order valence-corrected chi connectivity index (χ1v) is 12.9. The smallest absolute Gasteiger partial charge is 0.261 e. The van der Waals surface area contributed by atoms with Crippen molar-refractivity contribution in [2.45, 2.75) is 0 Å². The van der Waals surface area contributed by atoms with E-state index in [-0.39, 0.29) is 5.91 Å². The molecule has 2 aromatic heterocycles. The Hall–Kier alpha value is -4.41. The van der Waals surface area contributed by atoms with Gasteiger partial charge in [-0.25, -0.2) is 9.97 Å². The maximum Gasteiger partial charge on any atom is 0.261 e. The van der Waals surface area contributed by atoms with Gasteiger partial charge in [-0.15, -0.1) is 22.7 Å². The second-order valence-electron chi connectivity index (χ2n) is 7.75. The number of hydrogen-bond acceptors (Lipinski definition) is 9. The fourth-order valence-electron chi connectivity index (χ4n) is 3.64. The molecule has 3 aromatic carbocycles. The van der Waals surface area contributed by atoms with E-state index in [1.807, 2.05) is 59.3 Å². The molecular weight excluding hydrogens is 508 g/mol. The van der Waals surface area contributed by atoms with Crippen LogP contribution in [0, 0.1) is 0 Å². The minimum absolute atomic E-state index is 0.329. The Balaban J connectivity index is 1.24. The lowest BCUT2D eigenvalue weighted by molar-refractivity contribution is 0.102. The lowest BCUT2D eigenvalue weighted by Gasteiger charge is -2.11. The number of nitrogens with two attached hydrogens (primary N) is 1. The summed E-state index contributed by atoms with van der Waals surface area (Å²) in [6.45, 7) is 0. The number of nitrogens with zero attached hydrogens (tertiary/aromatic N) is 2. The van der Waals surface area contributed by atoms with Gasteiger partial charge in [0.1, 0.15) is 11.5 Å². The molecule has 5 rings (SSSR count). The van der Waals surface area contributed by atoms with Gasteiger partial charge in [0.15, 0.2) is 21.8 Å². The van der Waals surface area contributed by atoms with Gasteiger partial charge < -0.3 is 19.9 Å². The Morgan fingerprint density at radius 2 is 1.43 bits per heavy atom. The Kier molecular flexibility index (Phi) is 7.02. The zero-order valence-corrected chi connectivity index (χ0v) is 21.6. The Morgan fingerprint density at radius 1 is 0.811 bits per heavy atom. The van der Waals surface area contributed by atoms with E-state index in [1.165, 1.54) is 36.9 Å². The summed E-state index contributed by atoms with van der Waals surface area (Å²) in [6.07, 6.45) is 0. The van der Waals surface area contributed by atoms with Crippen molar-refractivity contribution in [2.24, 2.45) is 0 Å². The zero-order chi connectivity index (χ0) is 25.8. The van der Waals surface area contributed by atoms with Crippen molar-refractivity contribution in [1.82, 2.24) is 9.97 Å². The number of carbonyl (C=O) groups is 1. The molecule has 0 aliphatic rings. The second-order valence-corrected chi connectivity index (χ2v) is 9.50. The normalized spacial score (nSPS) is 10.6. The molecule has 0 aliphatic heterocycles. The van der Waals surface area contributed by atoms with Crippen LogP contribution in [0.25, 0.3) is 22.5 Å². The molecule has 0 atom stereocenters. The molecule has 0 unspecified atom stereocenters. The van der Waals surface area contributed by atoms with Crippen LogP contribution in [-0.2, 0) is 0 Å². The van der Waals surface area contributed by atoms with Gasteiger partial charge in [0, 0.05) is 21.9 Å². The van der Waals surface area contributed by atoms with Crippen LogP contribution in [0.15, 0.2) is 77.5 Å². The molecule has 0 saturated heterocycles. The van der Waals surface area contributed by atoms with Gasteiger partial charge in [-0.1, -0.05) is 6.07 Å². The number of rotatable bonds is 8. The molecule has 3 N–H and O–H groups in total. The molecule has 8 nitrogen and oxygen atoms in total. The van der Waals surface area contributed by atoms with Crippen molar-refractivity contribution in [1.29, 1.82) is 0 Å². The van der Waals surface area contributed by atoms with E-state index in [0.29, 0.717) is 38.8 Å². The number of thiazole rings is 2. The largest absolute Gasteiger partial charge is 0.493 e. The summed E-state index contributed by atoms with van der Waals surface area (Å²) in [5.74, 6) is 1.94. The highest BCUT2D eigenvalue weighted by Crippen LogP contribution is 2.33. The number of ether oxygens (including phenoxy) is 3. The average molecular weight is 531 g/mol. The minimum atomic E-state index is -0.329. The fourth-order valence-corrected chi connectivity index (χ4v) is 4.92. The SMILES string of the molecule is COc1cccc(C(=O)Nc2nc(-c3ccc(Oc4ccc(-c5csc(N)n5)cc4)cc3)cs2)c1OC. The maximum atomic E-state index is 12.8. The third-order valence-electron chi connectivity index (χ3n) is 5.43. The van der Waals surface area contributed by atoms with Crippen molar-refractivity contribution in [2.75, 3.05) is 25.3 Å². The van der Waals surface area contributed by atoms with Crippen molar-refractivity contribution in [3.63, 3.8) is 0 Å². The number of methoxy groups -OCH3 is 2. The predicted molar refractivity (Wildman–Crippen MR) is 147 cm³/mol. The van der Waals surface area contributed by atoms with E-state index in [9.17, 15) is 4.79 Å². The maximum absolute atomic E-state index is 12.8. The zero-order valence-electron chi connectivity index (χ0n) is 19.9. The van der Waals surface area contributed by atoms with Gasteiger partial charge >= 0.3 is 0 Å². The van der Waals surface area contributed by atoms with Crippen LogP contribution in [0.2, 0.25) is 0 Å². The fraction of sp³-hybridized carbons (Fsp3) is 0.0741. The summed E-state index contributed by atoms with van der Waals surface area (Å²) >= 11 is 2.75. The summed E-state index contributed by atoms with van der Waals surface area (Å²) < 4.78 is 16.6. The first-order chi connectivity index (χ1) is 18.0. The van der Waals surface area contributed by atoms with Crippen molar-refractivity contribution in [3.05, 3.63) is 83.1 Å². The molecule has 0 spiro atoms. The molecular formula is C27H22N4O4S2. The van der Waals surface area contributed by atoms with Crippen LogP contribution < -0.4 is 25.3 Å². The quantitative estimate of drug-likeness (QED) is 0.233. The van der Waals surface area contributed by atoms with E-state index in [4.69, 9.17) is 19.9 Å². The lowest BCUT2D eigenvalue weighted by Crippen LogP contribution is -2.13. The molecule has 1 amide bonds. The molecule has 0 fully saturated rings. The van der Waals surface area contributed by atoms with Crippen LogP contribution in [0.4, 0.5) is 10.3 Å². The molecule has 10 heteroatoms. The monoisotopic (exact) mass is 530 g/mol. The van der Waals surface area contributed by atoms with Crippen LogP contribution in [0.3, 0.4) is 0 Å². The summed E-state index contributed by atoms with van der Waals surface area (Å²) in [5.41, 5.74) is 9.56. The molecule has 2 heterocycles. The average Bonchev–Trinajstić information content (AvgIpc) is 3.58. The first-order valence-electron chi connectivity index (χ1n) is 11.1. The summed E-state index contributed by atoms with van der Waals surface area (Å²) in [5, 5.41) is 7.67. The molecule has 0 aliphatic carbocycles. The van der Waals surface area contributed by atoms with Crippen LogP contribution in [0.1, 0.15) is 10.4 Å². The first kappa shape index (κ1) is 24.3. The van der Waals surface area contributed by atoms with Gasteiger partial charge in [0.05, 0.1) is 31.2 Å². The Morgan fingerprint density at radius 3 is 2.00 bits per heavy atom. The summed E-state index contributed by atoms with van der Waals surface area (Å²) in [7, 11) is 3.03. The Bertz CT molecular complexity index is 1530. The Labute approximate surface area is 221 Å². The lowest BCUT2D eigenvalue weighted by atomic mass is 10.1. The van der Waals surface area contributed by atoms with E-state index in [1.54, 1.807) is 18.2 Å². The highest BCUT2D eigenvalue weighted by Gasteiger charge is 2.18. The molecule has 0 saturated carbocycles. The third kappa shape index (κ3) is 5.40. The van der Waals surface area contributed by atoms with Crippen LogP contribution in [-0.4, -0.2) is 30.1 Å². The third-order valence-corrected chi connectivity index (χ3v) is 6.86. The van der Waals surface area contributed by atoms with E-state index >= 15 is 0 Å². The predicted octanol–water partition coefficient (Wildman–Crippen LogP) is 6.58.